The molecule has 0 fully saturated rings. The van der Waals surface area contributed by atoms with Gasteiger partial charge < -0.3 is 5.73 Å². The minimum Gasteiger partial charge on any atom is -0.324 e. The Morgan fingerprint density at radius 1 is 1.38 bits per heavy atom. The van der Waals surface area contributed by atoms with Gasteiger partial charge in [0.05, 0.1) is 0 Å². The lowest BCUT2D eigenvalue weighted by atomic mass is 10.00. The average molecular weight is 178 g/mol. The van der Waals surface area contributed by atoms with E-state index in [1.807, 2.05) is 18.3 Å². The van der Waals surface area contributed by atoms with Crippen LogP contribution in [0.4, 0.5) is 0 Å². The smallest absolute Gasteiger partial charge is 0.0315 e. The molecule has 1 aromatic heterocycles. The molecule has 0 amide bonds. The van der Waals surface area contributed by atoms with Crippen LogP contribution in [0.1, 0.15) is 38.3 Å². The van der Waals surface area contributed by atoms with Crippen LogP contribution in [0.15, 0.2) is 24.5 Å². The zero-order valence-corrected chi connectivity index (χ0v) is 8.40. The van der Waals surface area contributed by atoms with E-state index in [1.165, 1.54) is 6.42 Å². The van der Waals surface area contributed by atoms with Crippen LogP contribution in [-0.2, 0) is 0 Å². The first kappa shape index (κ1) is 10.2. The van der Waals surface area contributed by atoms with Gasteiger partial charge in [-0.3, -0.25) is 4.98 Å². The predicted molar refractivity (Wildman–Crippen MR) is 55.2 cm³/mol. The molecule has 2 nitrogen and oxygen atoms in total. The Bertz CT molecular complexity index is 231. The molecule has 0 saturated heterocycles. The van der Waals surface area contributed by atoms with E-state index in [2.05, 4.69) is 18.8 Å². The fraction of sp³-hybridized carbons (Fsp3) is 0.545. The van der Waals surface area contributed by atoms with E-state index in [0.29, 0.717) is 0 Å². The summed E-state index contributed by atoms with van der Waals surface area (Å²) < 4.78 is 0. The summed E-state index contributed by atoms with van der Waals surface area (Å²) in [6.45, 7) is 4.44. The quantitative estimate of drug-likeness (QED) is 0.769. The van der Waals surface area contributed by atoms with Gasteiger partial charge in [-0.1, -0.05) is 19.9 Å². The number of rotatable bonds is 4. The van der Waals surface area contributed by atoms with Crippen LogP contribution in [-0.4, -0.2) is 4.98 Å². The third kappa shape index (κ3) is 3.55. The first-order valence-electron chi connectivity index (χ1n) is 4.85. The third-order valence-electron chi connectivity index (χ3n) is 2.17. The van der Waals surface area contributed by atoms with Crippen molar-refractivity contribution in [1.82, 2.24) is 4.98 Å². The molecule has 0 aliphatic carbocycles. The molecule has 0 bridgehead atoms. The molecule has 1 rings (SSSR count). The van der Waals surface area contributed by atoms with Crippen LogP contribution in [0.2, 0.25) is 0 Å². The highest BCUT2D eigenvalue weighted by Crippen LogP contribution is 2.17. The minimum absolute atomic E-state index is 0.149. The van der Waals surface area contributed by atoms with Crippen molar-refractivity contribution in [2.45, 2.75) is 32.7 Å². The Morgan fingerprint density at radius 2 is 2.15 bits per heavy atom. The zero-order valence-electron chi connectivity index (χ0n) is 8.40. The van der Waals surface area contributed by atoms with Crippen LogP contribution in [0.3, 0.4) is 0 Å². The van der Waals surface area contributed by atoms with Crippen molar-refractivity contribution in [2.75, 3.05) is 0 Å². The Labute approximate surface area is 80.2 Å². The summed E-state index contributed by atoms with van der Waals surface area (Å²) in [6.07, 6.45) is 5.85. The van der Waals surface area contributed by atoms with Gasteiger partial charge in [0, 0.05) is 18.4 Å². The van der Waals surface area contributed by atoms with E-state index in [0.717, 1.165) is 17.9 Å². The SMILES string of the molecule is CC(C)CCC(N)c1cccnc1. The maximum Gasteiger partial charge on any atom is 0.0315 e. The van der Waals surface area contributed by atoms with Crippen LogP contribution in [0.25, 0.3) is 0 Å². The summed E-state index contributed by atoms with van der Waals surface area (Å²) in [6, 6.07) is 4.12. The molecule has 1 heterocycles. The van der Waals surface area contributed by atoms with Crippen molar-refractivity contribution < 1.29 is 0 Å². The third-order valence-corrected chi connectivity index (χ3v) is 2.17. The fourth-order valence-electron chi connectivity index (χ4n) is 1.27. The number of hydrogen-bond acceptors (Lipinski definition) is 2. The molecule has 2 N–H and O–H groups in total. The molecule has 0 aliphatic heterocycles. The summed E-state index contributed by atoms with van der Waals surface area (Å²) in [5.41, 5.74) is 7.15. The van der Waals surface area contributed by atoms with E-state index in [4.69, 9.17) is 5.73 Å². The number of hydrogen-bond donors (Lipinski definition) is 1. The molecule has 1 unspecified atom stereocenters. The van der Waals surface area contributed by atoms with E-state index in [9.17, 15) is 0 Å². The summed E-state index contributed by atoms with van der Waals surface area (Å²) in [5.74, 6) is 0.725. The summed E-state index contributed by atoms with van der Waals surface area (Å²) in [7, 11) is 0. The Hall–Kier alpha value is -0.890. The first-order chi connectivity index (χ1) is 6.20. The van der Waals surface area contributed by atoms with Crippen LogP contribution >= 0.6 is 0 Å². The molecule has 0 aromatic carbocycles. The molecule has 0 radical (unpaired) electrons. The maximum absolute atomic E-state index is 6.00. The van der Waals surface area contributed by atoms with Crippen molar-refractivity contribution >= 4 is 0 Å². The lowest BCUT2D eigenvalue weighted by molar-refractivity contribution is 0.506. The molecule has 0 spiro atoms. The van der Waals surface area contributed by atoms with E-state index in [-0.39, 0.29) is 6.04 Å². The van der Waals surface area contributed by atoms with Gasteiger partial charge in [-0.15, -0.1) is 0 Å². The van der Waals surface area contributed by atoms with Crippen LogP contribution in [0.5, 0.6) is 0 Å². The highest BCUT2D eigenvalue weighted by molar-refractivity contribution is 5.12. The van der Waals surface area contributed by atoms with Crippen molar-refractivity contribution in [3.8, 4) is 0 Å². The van der Waals surface area contributed by atoms with Gasteiger partial charge in [0.15, 0.2) is 0 Å². The highest BCUT2D eigenvalue weighted by atomic mass is 14.7. The van der Waals surface area contributed by atoms with E-state index >= 15 is 0 Å². The molecular weight excluding hydrogens is 160 g/mol. The van der Waals surface area contributed by atoms with Gasteiger partial charge in [-0.2, -0.15) is 0 Å². The minimum atomic E-state index is 0.149. The molecule has 1 aromatic rings. The van der Waals surface area contributed by atoms with Crippen molar-refractivity contribution in [3.63, 3.8) is 0 Å². The largest absolute Gasteiger partial charge is 0.324 e. The molecule has 1 atom stereocenters. The average Bonchev–Trinajstić information content (AvgIpc) is 2.15. The summed E-state index contributed by atoms with van der Waals surface area (Å²) in [5, 5.41) is 0. The van der Waals surface area contributed by atoms with Gasteiger partial charge in [-0.25, -0.2) is 0 Å². The van der Waals surface area contributed by atoms with Gasteiger partial charge in [0.1, 0.15) is 0 Å². The monoisotopic (exact) mass is 178 g/mol. The number of aromatic nitrogens is 1. The number of nitrogens with zero attached hydrogens (tertiary/aromatic N) is 1. The molecular formula is C11H18N2. The standard InChI is InChI=1S/C11H18N2/c1-9(2)5-6-11(12)10-4-3-7-13-8-10/h3-4,7-9,11H,5-6,12H2,1-2H3. The van der Waals surface area contributed by atoms with E-state index < -0.39 is 0 Å². The first-order valence-corrected chi connectivity index (χ1v) is 4.85. The molecule has 2 heteroatoms. The molecule has 13 heavy (non-hydrogen) atoms. The van der Waals surface area contributed by atoms with Gasteiger partial charge >= 0.3 is 0 Å². The molecule has 72 valence electrons. The van der Waals surface area contributed by atoms with Crippen molar-refractivity contribution in [2.24, 2.45) is 11.7 Å². The van der Waals surface area contributed by atoms with Gasteiger partial charge in [-0.05, 0) is 30.4 Å². The Balaban J connectivity index is 2.44. The summed E-state index contributed by atoms with van der Waals surface area (Å²) >= 11 is 0. The second-order valence-corrected chi connectivity index (χ2v) is 3.86. The Morgan fingerprint density at radius 3 is 2.69 bits per heavy atom. The lowest BCUT2D eigenvalue weighted by Crippen LogP contribution is -2.11. The Kier molecular flexibility index (Phi) is 3.90. The number of nitrogens with two attached hydrogens (primary N) is 1. The van der Waals surface area contributed by atoms with Crippen molar-refractivity contribution in [1.29, 1.82) is 0 Å². The van der Waals surface area contributed by atoms with Gasteiger partial charge in [0.2, 0.25) is 0 Å². The van der Waals surface area contributed by atoms with Gasteiger partial charge in [0.25, 0.3) is 0 Å². The molecule has 0 saturated carbocycles. The second kappa shape index (κ2) is 4.97. The maximum atomic E-state index is 6.00. The van der Waals surface area contributed by atoms with Crippen molar-refractivity contribution in [3.05, 3.63) is 30.1 Å². The topological polar surface area (TPSA) is 38.9 Å². The zero-order chi connectivity index (χ0) is 9.68. The van der Waals surface area contributed by atoms with E-state index in [1.54, 1.807) is 6.20 Å². The number of pyridine rings is 1. The predicted octanol–water partition coefficient (Wildman–Crippen LogP) is 2.52. The summed E-state index contributed by atoms with van der Waals surface area (Å²) in [4.78, 5) is 4.05. The highest BCUT2D eigenvalue weighted by Gasteiger charge is 2.06. The lowest BCUT2D eigenvalue weighted by Gasteiger charge is -2.12. The molecule has 0 aliphatic rings. The van der Waals surface area contributed by atoms with Crippen LogP contribution < -0.4 is 5.73 Å². The fourth-order valence-corrected chi connectivity index (χ4v) is 1.27. The second-order valence-electron chi connectivity index (χ2n) is 3.86. The normalized spacial score (nSPS) is 13.2. The van der Waals surface area contributed by atoms with Crippen LogP contribution in [0, 0.1) is 5.92 Å².